The lowest BCUT2D eigenvalue weighted by atomic mass is 10.1. The maximum atomic E-state index is 12.6. The van der Waals surface area contributed by atoms with E-state index in [2.05, 4.69) is 19.6 Å². The minimum absolute atomic E-state index is 0.151. The Hall–Kier alpha value is -2.35. The zero-order valence-corrected chi connectivity index (χ0v) is 14.4. The van der Waals surface area contributed by atoms with Crippen molar-refractivity contribution in [3.8, 4) is 0 Å². The van der Waals surface area contributed by atoms with Crippen molar-refractivity contribution < 1.29 is 8.42 Å². The van der Waals surface area contributed by atoms with Crippen molar-refractivity contribution >= 4 is 27.2 Å². The molecule has 3 N–H and O–H groups in total. The quantitative estimate of drug-likeness (QED) is 0.822. The molecular weight excluding hydrogens is 326 g/mol. The molecule has 7 nitrogen and oxygen atoms in total. The second kappa shape index (κ2) is 6.64. The van der Waals surface area contributed by atoms with Gasteiger partial charge >= 0.3 is 0 Å². The molecule has 2 heterocycles. The fourth-order valence-corrected chi connectivity index (χ4v) is 3.76. The number of benzene rings is 1. The molecule has 1 fully saturated rings. The van der Waals surface area contributed by atoms with Crippen LogP contribution < -0.4 is 15.4 Å². The van der Waals surface area contributed by atoms with E-state index >= 15 is 0 Å². The van der Waals surface area contributed by atoms with Crippen LogP contribution in [0.4, 0.5) is 17.2 Å². The number of piperidine rings is 1. The minimum Gasteiger partial charge on any atom is -0.399 e. The van der Waals surface area contributed by atoms with Gasteiger partial charge in [-0.05, 0) is 50.5 Å². The summed E-state index contributed by atoms with van der Waals surface area (Å²) in [6, 6.07) is 6.08. The van der Waals surface area contributed by atoms with Crippen LogP contribution in [-0.4, -0.2) is 31.5 Å². The highest BCUT2D eigenvalue weighted by molar-refractivity contribution is 7.92. The van der Waals surface area contributed by atoms with E-state index in [0.29, 0.717) is 17.3 Å². The number of nitrogen functional groups attached to an aromatic ring is 1. The van der Waals surface area contributed by atoms with Gasteiger partial charge in [-0.2, -0.15) is 0 Å². The molecule has 128 valence electrons. The third kappa shape index (κ3) is 3.59. The van der Waals surface area contributed by atoms with Crippen LogP contribution in [-0.2, 0) is 10.0 Å². The lowest BCUT2D eigenvalue weighted by molar-refractivity contribution is 0.576. The van der Waals surface area contributed by atoms with Gasteiger partial charge in [-0.25, -0.2) is 18.4 Å². The van der Waals surface area contributed by atoms with Gasteiger partial charge in [-0.1, -0.05) is 0 Å². The van der Waals surface area contributed by atoms with Gasteiger partial charge in [0.2, 0.25) is 0 Å². The number of aromatic nitrogens is 2. The predicted octanol–water partition coefficient (Wildman–Crippen LogP) is 2.16. The number of nitrogens with zero attached hydrogens (tertiary/aromatic N) is 3. The summed E-state index contributed by atoms with van der Waals surface area (Å²) in [7, 11) is -3.73. The molecule has 0 saturated carbocycles. The lowest BCUT2D eigenvalue weighted by Crippen LogP contribution is -2.31. The molecule has 1 aliphatic heterocycles. The molecule has 1 saturated heterocycles. The summed E-state index contributed by atoms with van der Waals surface area (Å²) in [5.74, 6) is 0.840. The maximum absolute atomic E-state index is 12.6. The molecule has 24 heavy (non-hydrogen) atoms. The Morgan fingerprint density at radius 3 is 2.46 bits per heavy atom. The van der Waals surface area contributed by atoms with Crippen LogP contribution >= 0.6 is 0 Å². The molecule has 3 rings (SSSR count). The van der Waals surface area contributed by atoms with Crippen LogP contribution in [0.25, 0.3) is 0 Å². The summed E-state index contributed by atoms with van der Waals surface area (Å²) in [6.07, 6.45) is 5.04. The zero-order chi connectivity index (χ0) is 17.2. The molecule has 0 amide bonds. The second-order valence-corrected chi connectivity index (χ2v) is 7.56. The minimum atomic E-state index is -3.73. The van der Waals surface area contributed by atoms with E-state index < -0.39 is 10.0 Å². The van der Waals surface area contributed by atoms with Crippen LogP contribution in [0.5, 0.6) is 0 Å². The Kier molecular flexibility index (Phi) is 4.57. The standard InChI is InChI=1S/C16H21N5O2S/c1-12-18-11-15(21-9-3-2-4-10-21)16(19-12)20-24(22,23)14-7-5-13(17)6-8-14/h5-8,11H,2-4,9-10,17H2,1H3,(H,18,19,20). The molecular formula is C16H21N5O2S. The molecule has 0 unspecified atom stereocenters. The summed E-state index contributed by atoms with van der Waals surface area (Å²) in [5, 5.41) is 0. The van der Waals surface area contributed by atoms with Crippen LogP contribution in [0.15, 0.2) is 35.4 Å². The molecule has 2 aromatic rings. The molecule has 0 aliphatic carbocycles. The van der Waals surface area contributed by atoms with Gasteiger partial charge < -0.3 is 10.6 Å². The number of aryl methyl sites for hydroxylation is 1. The summed E-state index contributed by atoms with van der Waals surface area (Å²) in [4.78, 5) is 10.8. The largest absolute Gasteiger partial charge is 0.399 e. The Bertz CT molecular complexity index is 815. The molecule has 1 aliphatic rings. The van der Waals surface area contributed by atoms with E-state index in [1.807, 2.05) is 0 Å². The van der Waals surface area contributed by atoms with E-state index in [-0.39, 0.29) is 4.90 Å². The number of rotatable bonds is 4. The summed E-state index contributed by atoms with van der Waals surface area (Å²) >= 11 is 0. The molecule has 0 radical (unpaired) electrons. The van der Waals surface area contributed by atoms with E-state index in [0.717, 1.165) is 31.6 Å². The monoisotopic (exact) mass is 347 g/mol. The molecule has 0 bridgehead atoms. The first-order chi connectivity index (χ1) is 11.5. The average molecular weight is 347 g/mol. The van der Waals surface area contributed by atoms with Gasteiger partial charge in [0.05, 0.1) is 16.8 Å². The van der Waals surface area contributed by atoms with E-state index in [1.54, 1.807) is 25.3 Å². The Morgan fingerprint density at radius 1 is 1.12 bits per heavy atom. The highest BCUT2D eigenvalue weighted by atomic mass is 32.2. The van der Waals surface area contributed by atoms with E-state index in [9.17, 15) is 8.42 Å². The normalized spacial score (nSPS) is 15.3. The first-order valence-electron chi connectivity index (χ1n) is 7.93. The summed E-state index contributed by atoms with van der Waals surface area (Å²) in [6.45, 7) is 3.49. The van der Waals surface area contributed by atoms with Gasteiger partial charge in [-0.15, -0.1) is 0 Å². The number of nitrogens with two attached hydrogens (primary N) is 1. The Labute approximate surface area is 142 Å². The average Bonchev–Trinajstić information content (AvgIpc) is 2.56. The molecule has 8 heteroatoms. The van der Waals surface area contributed by atoms with Crippen LogP contribution in [0, 0.1) is 6.92 Å². The van der Waals surface area contributed by atoms with Crippen molar-refractivity contribution in [2.75, 3.05) is 28.4 Å². The topological polar surface area (TPSA) is 101 Å². The van der Waals surface area contributed by atoms with Gasteiger partial charge in [0.25, 0.3) is 10.0 Å². The van der Waals surface area contributed by atoms with Gasteiger partial charge in [0.1, 0.15) is 5.82 Å². The number of anilines is 3. The smallest absolute Gasteiger partial charge is 0.263 e. The predicted molar refractivity (Wildman–Crippen MR) is 94.5 cm³/mol. The fourth-order valence-electron chi connectivity index (χ4n) is 2.74. The van der Waals surface area contributed by atoms with Crippen molar-refractivity contribution in [3.63, 3.8) is 0 Å². The molecule has 1 aromatic heterocycles. The van der Waals surface area contributed by atoms with Crippen LogP contribution in [0.1, 0.15) is 25.1 Å². The molecule has 0 spiro atoms. The number of hydrogen-bond donors (Lipinski definition) is 2. The SMILES string of the molecule is Cc1ncc(N2CCCCC2)c(NS(=O)(=O)c2ccc(N)cc2)n1. The molecule has 1 aromatic carbocycles. The Balaban J connectivity index is 1.93. The van der Waals surface area contributed by atoms with E-state index in [4.69, 9.17) is 5.73 Å². The highest BCUT2D eigenvalue weighted by Crippen LogP contribution is 2.28. The first kappa shape index (κ1) is 16.5. The van der Waals surface area contributed by atoms with Crippen LogP contribution in [0.2, 0.25) is 0 Å². The van der Waals surface area contributed by atoms with Crippen LogP contribution in [0.3, 0.4) is 0 Å². The third-order valence-corrected chi connectivity index (χ3v) is 5.36. The fraction of sp³-hybridized carbons (Fsp3) is 0.375. The molecule has 0 atom stereocenters. The van der Waals surface area contributed by atoms with Gasteiger partial charge in [0.15, 0.2) is 5.82 Å². The lowest BCUT2D eigenvalue weighted by Gasteiger charge is -2.29. The summed E-state index contributed by atoms with van der Waals surface area (Å²) < 4.78 is 27.9. The van der Waals surface area contributed by atoms with Crippen molar-refractivity contribution in [2.45, 2.75) is 31.1 Å². The zero-order valence-electron chi connectivity index (χ0n) is 13.6. The highest BCUT2D eigenvalue weighted by Gasteiger charge is 2.21. The number of sulfonamides is 1. The van der Waals surface area contributed by atoms with Gasteiger partial charge in [-0.3, -0.25) is 4.72 Å². The number of hydrogen-bond acceptors (Lipinski definition) is 6. The van der Waals surface area contributed by atoms with E-state index in [1.165, 1.54) is 18.6 Å². The van der Waals surface area contributed by atoms with Crippen molar-refractivity contribution in [1.29, 1.82) is 0 Å². The maximum Gasteiger partial charge on any atom is 0.263 e. The van der Waals surface area contributed by atoms with Crippen molar-refractivity contribution in [2.24, 2.45) is 0 Å². The summed E-state index contributed by atoms with van der Waals surface area (Å²) in [5.41, 5.74) is 6.86. The first-order valence-corrected chi connectivity index (χ1v) is 9.41. The number of nitrogens with one attached hydrogen (secondary N) is 1. The van der Waals surface area contributed by atoms with Gasteiger partial charge in [0, 0.05) is 18.8 Å². The second-order valence-electron chi connectivity index (χ2n) is 5.87. The Morgan fingerprint density at radius 2 is 1.79 bits per heavy atom. The van der Waals surface area contributed by atoms with Crippen molar-refractivity contribution in [3.05, 3.63) is 36.3 Å². The third-order valence-electron chi connectivity index (χ3n) is 4.01. The van der Waals surface area contributed by atoms with Crippen molar-refractivity contribution in [1.82, 2.24) is 9.97 Å².